The van der Waals surface area contributed by atoms with Crippen LogP contribution in [0.4, 0.5) is 11.5 Å². The van der Waals surface area contributed by atoms with E-state index in [1.807, 2.05) is 19.0 Å². The van der Waals surface area contributed by atoms with Crippen LogP contribution in [0.25, 0.3) is 27.9 Å². The third-order valence-electron chi connectivity index (χ3n) is 6.94. The lowest BCUT2D eigenvalue weighted by atomic mass is 9.84. The molecule has 7 nitrogen and oxygen atoms in total. The van der Waals surface area contributed by atoms with Crippen LogP contribution >= 0.6 is 0 Å². The molecule has 3 aromatic rings. The highest BCUT2D eigenvalue weighted by Gasteiger charge is 2.30. The second kappa shape index (κ2) is 8.30. The van der Waals surface area contributed by atoms with Crippen molar-refractivity contribution < 1.29 is 4.79 Å². The molecule has 5 rings (SSSR count). The number of aromatic nitrogens is 3. The van der Waals surface area contributed by atoms with Gasteiger partial charge in [0.15, 0.2) is 0 Å². The first-order chi connectivity index (χ1) is 15.6. The molecule has 2 aliphatic rings. The Morgan fingerprint density at radius 2 is 1.91 bits per heavy atom. The lowest BCUT2D eigenvalue weighted by Gasteiger charge is -2.26. The summed E-state index contributed by atoms with van der Waals surface area (Å²) in [5.74, 6) is 0.898. The van der Waals surface area contributed by atoms with Gasteiger partial charge in [0, 0.05) is 44.4 Å². The van der Waals surface area contributed by atoms with E-state index in [4.69, 9.17) is 5.73 Å². The van der Waals surface area contributed by atoms with Crippen LogP contribution in [0.15, 0.2) is 36.7 Å². The molecule has 1 atom stereocenters. The van der Waals surface area contributed by atoms with Crippen molar-refractivity contribution in [2.75, 3.05) is 31.2 Å². The van der Waals surface area contributed by atoms with Gasteiger partial charge in [-0.1, -0.05) is 18.2 Å². The quantitative estimate of drug-likeness (QED) is 0.651. The van der Waals surface area contributed by atoms with Crippen molar-refractivity contribution in [1.29, 1.82) is 0 Å². The maximum Gasteiger partial charge on any atom is 0.226 e. The highest BCUT2D eigenvalue weighted by molar-refractivity contribution is 6.04. The summed E-state index contributed by atoms with van der Waals surface area (Å²) in [4.78, 5) is 23.8. The SMILES string of the molecule is CNc1ccc(-c2c(C3=CCC(C(=O)N4CCCC4)CC3)c3c(N)ncnc3n2C)cc1. The van der Waals surface area contributed by atoms with Gasteiger partial charge in [-0.3, -0.25) is 4.79 Å². The van der Waals surface area contributed by atoms with E-state index in [1.165, 1.54) is 11.9 Å². The molecule has 3 N–H and O–H groups in total. The summed E-state index contributed by atoms with van der Waals surface area (Å²) >= 11 is 0. The zero-order chi connectivity index (χ0) is 22.2. The van der Waals surface area contributed by atoms with E-state index in [-0.39, 0.29) is 5.92 Å². The van der Waals surface area contributed by atoms with Gasteiger partial charge in [-0.05, 0) is 55.4 Å². The lowest BCUT2D eigenvalue weighted by molar-refractivity contribution is -0.134. The summed E-state index contributed by atoms with van der Waals surface area (Å²) in [5.41, 5.74) is 12.8. The van der Waals surface area contributed by atoms with Gasteiger partial charge in [0.05, 0.1) is 11.1 Å². The van der Waals surface area contributed by atoms with Crippen LogP contribution in [-0.2, 0) is 11.8 Å². The molecule has 1 aromatic carbocycles. The zero-order valence-corrected chi connectivity index (χ0v) is 18.8. The van der Waals surface area contributed by atoms with Crippen LogP contribution in [0.3, 0.4) is 0 Å². The molecule has 2 aromatic heterocycles. The number of allylic oxidation sites excluding steroid dienone is 2. The molecule has 0 bridgehead atoms. The van der Waals surface area contributed by atoms with Gasteiger partial charge in [-0.25, -0.2) is 9.97 Å². The highest BCUT2D eigenvalue weighted by atomic mass is 16.2. The minimum atomic E-state index is 0.0822. The number of hydrogen-bond acceptors (Lipinski definition) is 5. The van der Waals surface area contributed by atoms with E-state index in [0.29, 0.717) is 11.7 Å². The third kappa shape index (κ3) is 3.42. The molecule has 32 heavy (non-hydrogen) atoms. The molecule has 0 saturated carbocycles. The van der Waals surface area contributed by atoms with Crippen LogP contribution in [0.2, 0.25) is 0 Å². The number of hydrogen-bond donors (Lipinski definition) is 2. The average molecular weight is 431 g/mol. The first-order valence-electron chi connectivity index (χ1n) is 11.4. The zero-order valence-electron chi connectivity index (χ0n) is 18.8. The number of likely N-dealkylation sites (tertiary alicyclic amines) is 1. The fraction of sp³-hybridized carbons (Fsp3) is 0.400. The van der Waals surface area contributed by atoms with Crippen LogP contribution in [0.5, 0.6) is 0 Å². The van der Waals surface area contributed by atoms with Gasteiger partial charge >= 0.3 is 0 Å². The molecule has 166 valence electrons. The number of fused-ring (bicyclic) bond motifs is 1. The predicted molar refractivity (Wildman–Crippen MR) is 129 cm³/mol. The summed E-state index contributed by atoms with van der Waals surface area (Å²) in [5, 5.41) is 4.08. The van der Waals surface area contributed by atoms with Crippen LogP contribution in [-0.4, -0.2) is 45.5 Å². The molecule has 1 unspecified atom stereocenters. The maximum atomic E-state index is 12.9. The van der Waals surface area contributed by atoms with Crippen molar-refractivity contribution in [3.8, 4) is 11.3 Å². The highest BCUT2D eigenvalue weighted by Crippen LogP contribution is 2.43. The number of benzene rings is 1. The van der Waals surface area contributed by atoms with Crippen molar-refractivity contribution in [2.24, 2.45) is 13.0 Å². The normalized spacial score (nSPS) is 18.8. The molecule has 7 heteroatoms. The Bertz CT molecular complexity index is 1190. The molecule has 1 amide bonds. The standard InChI is InChI=1S/C25H30N6O/c1-27-19-11-9-17(10-12-19)22-20(21-23(26)28-15-29-24(21)30(22)2)16-5-7-18(8-6-16)25(32)31-13-3-4-14-31/h5,9-12,15,18,27H,3-4,6-8,13-14H2,1-2H3,(H2,26,28,29). The average Bonchev–Trinajstić information content (AvgIpc) is 3.47. The molecule has 0 radical (unpaired) electrons. The van der Waals surface area contributed by atoms with E-state index < -0.39 is 0 Å². The van der Waals surface area contributed by atoms with Gasteiger partial charge < -0.3 is 20.5 Å². The van der Waals surface area contributed by atoms with Crippen molar-refractivity contribution >= 4 is 34.0 Å². The smallest absolute Gasteiger partial charge is 0.226 e. The summed E-state index contributed by atoms with van der Waals surface area (Å²) in [7, 11) is 3.95. The Morgan fingerprint density at radius 1 is 1.16 bits per heavy atom. The summed E-state index contributed by atoms with van der Waals surface area (Å²) in [6.07, 6.45) is 8.51. The van der Waals surface area contributed by atoms with E-state index in [2.05, 4.69) is 50.2 Å². The van der Waals surface area contributed by atoms with E-state index in [9.17, 15) is 4.79 Å². The predicted octanol–water partition coefficient (Wildman–Crippen LogP) is 4.07. The van der Waals surface area contributed by atoms with Gasteiger partial charge in [-0.2, -0.15) is 0 Å². The third-order valence-corrected chi connectivity index (χ3v) is 6.94. The molecule has 1 aliphatic heterocycles. The number of nitrogens with zero attached hydrogens (tertiary/aromatic N) is 4. The molecule has 0 spiro atoms. The fourth-order valence-electron chi connectivity index (χ4n) is 5.20. The Labute approximate surface area is 188 Å². The maximum absolute atomic E-state index is 12.9. The number of anilines is 2. The number of rotatable bonds is 4. The van der Waals surface area contributed by atoms with Crippen molar-refractivity contribution in [1.82, 2.24) is 19.4 Å². The van der Waals surface area contributed by atoms with E-state index in [0.717, 1.165) is 78.7 Å². The minimum absolute atomic E-state index is 0.0822. The number of nitrogen functional groups attached to an aromatic ring is 1. The Kier molecular flexibility index (Phi) is 5.33. The topological polar surface area (TPSA) is 89.1 Å². The van der Waals surface area contributed by atoms with E-state index >= 15 is 0 Å². The summed E-state index contributed by atoms with van der Waals surface area (Å²) < 4.78 is 2.11. The lowest BCUT2D eigenvalue weighted by Crippen LogP contribution is -2.34. The Balaban J connectivity index is 1.57. The molecule has 1 fully saturated rings. The van der Waals surface area contributed by atoms with Crippen molar-refractivity contribution in [2.45, 2.75) is 32.1 Å². The van der Waals surface area contributed by atoms with Crippen LogP contribution in [0.1, 0.15) is 37.7 Å². The first kappa shape index (κ1) is 20.5. The van der Waals surface area contributed by atoms with Crippen LogP contribution in [0, 0.1) is 5.92 Å². The van der Waals surface area contributed by atoms with Crippen LogP contribution < -0.4 is 11.1 Å². The largest absolute Gasteiger partial charge is 0.388 e. The number of aryl methyl sites for hydroxylation is 1. The Morgan fingerprint density at radius 3 is 2.56 bits per heavy atom. The molecular formula is C25H30N6O. The number of amides is 1. The number of carbonyl (C=O) groups is 1. The minimum Gasteiger partial charge on any atom is -0.388 e. The van der Waals surface area contributed by atoms with Gasteiger partial charge in [-0.15, -0.1) is 0 Å². The molecule has 3 heterocycles. The monoisotopic (exact) mass is 430 g/mol. The Hall–Kier alpha value is -3.35. The number of nitrogens with two attached hydrogens (primary N) is 1. The summed E-state index contributed by atoms with van der Waals surface area (Å²) in [6.45, 7) is 1.83. The van der Waals surface area contributed by atoms with Crippen molar-refractivity contribution in [3.63, 3.8) is 0 Å². The number of carbonyl (C=O) groups excluding carboxylic acids is 1. The second-order valence-electron chi connectivity index (χ2n) is 8.80. The molecular weight excluding hydrogens is 400 g/mol. The van der Waals surface area contributed by atoms with Gasteiger partial charge in [0.2, 0.25) is 5.91 Å². The molecule has 1 saturated heterocycles. The fourth-order valence-corrected chi connectivity index (χ4v) is 5.20. The summed E-state index contributed by atoms with van der Waals surface area (Å²) in [6, 6.07) is 8.39. The van der Waals surface area contributed by atoms with Crippen molar-refractivity contribution in [3.05, 3.63) is 42.2 Å². The van der Waals surface area contributed by atoms with Gasteiger partial charge in [0.1, 0.15) is 17.8 Å². The van der Waals surface area contributed by atoms with Gasteiger partial charge in [0.25, 0.3) is 0 Å². The first-order valence-corrected chi connectivity index (χ1v) is 11.4. The second-order valence-corrected chi connectivity index (χ2v) is 8.80. The van der Waals surface area contributed by atoms with E-state index in [1.54, 1.807) is 0 Å². The molecule has 1 aliphatic carbocycles. The number of nitrogens with one attached hydrogen (secondary N) is 1.